The Bertz CT molecular complexity index is 875. The van der Waals surface area contributed by atoms with E-state index in [1.165, 1.54) is 11.8 Å². The molecule has 3 rings (SSSR count). The van der Waals surface area contributed by atoms with Gasteiger partial charge in [-0.3, -0.25) is 4.79 Å². The van der Waals surface area contributed by atoms with E-state index in [1.54, 1.807) is 32.4 Å². The minimum absolute atomic E-state index is 0.239. The van der Waals surface area contributed by atoms with Crippen molar-refractivity contribution in [3.8, 4) is 23.0 Å². The van der Waals surface area contributed by atoms with E-state index in [2.05, 4.69) is 10.3 Å². The molecule has 6 nitrogen and oxygen atoms in total. The number of nitrogens with one attached hydrogen (secondary N) is 1. The highest BCUT2D eigenvalue weighted by Gasteiger charge is 2.15. The van der Waals surface area contributed by atoms with Crippen molar-refractivity contribution >= 4 is 5.91 Å². The third-order valence-electron chi connectivity index (χ3n) is 3.91. The van der Waals surface area contributed by atoms with Crippen LogP contribution in [0.1, 0.15) is 16.1 Å². The van der Waals surface area contributed by atoms with Gasteiger partial charge in [-0.15, -0.1) is 0 Å². The number of amides is 1. The van der Waals surface area contributed by atoms with Crippen molar-refractivity contribution in [1.82, 2.24) is 10.3 Å². The van der Waals surface area contributed by atoms with Gasteiger partial charge in [-0.25, -0.2) is 4.98 Å². The molecule has 0 aliphatic carbocycles. The van der Waals surface area contributed by atoms with E-state index in [9.17, 15) is 4.79 Å². The van der Waals surface area contributed by atoms with Crippen molar-refractivity contribution in [3.05, 3.63) is 66.1 Å². The average molecular weight is 352 g/mol. The van der Waals surface area contributed by atoms with Gasteiger partial charge in [0.1, 0.15) is 6.26 Å². The molecule has 0 aliphatic rings. The molecule has 0 fully saturated rings. The number of carbonyl (C=O) groups excluding carboxylic acids is 1. The van der Waals surface area contributed by atoms with Crippen LogP contribution in [0.5, 0.6) is 11.5 Å². The van der Waals surface area contributed by atoms with Crippen LogP contribution in [-0.4, -0.2) is 31.7 Å². The molecular weight excluding hydrogens is 332 g/mol. The first-order valence-electron chi connectivity index (χ1n) is 8.21. The Morgan fingerprint density at radius 1 is 1.08 bits per heavy atom. The van der Waals surface area contributed by atoms with Crippen molar-refractivity contribution < 1.29 is 18.7 Å². The van der Waals surface area contributed by atoms with E-state index in [0.717, 1.165) is 6.42 Å². The van der Waals surface area contributed by atoms with Gasteiger partial charge < -0.3 is 19.2 Å². The summed E-state index contributed by atoms with van der Waals surface area (Å²) in [6.45, 7) is 0.529. The quantitative estimate of drug-likeness (QED) is 0.706. The number of benzene rings is 2. The maximum Gasteiger partial charge on any atom is 0.273 e. The molecule has 6 heteroatoms. The first-order chi connectivity index (χ1) is 12.7. The number of carbonyl (C=O) groups is 1. The Morgan fingerprint density at radius 3 is 2.58 bits per heavy atom. The number of ether oxygens (including phenoxy) is 2. The van der Waals surface area contributed by atoms with E-state index >= 15 is 0 Å². The number of rotatable bonds is 7. The van der Waals surface area contributed by atoms with Gasteiger partial charge in [0.25, 0.3) is 5.91 Å². The molecule has 1 N–H and O–H groups in total. The van der Waals surface area contributed by atoms with Gasteiger partial charge in [0.15, 0.2) is 17.2 Å². The first-order valence-corrected chi connectivity index (χ1v) is 8.21. The maximum absolute atomic E-state index is 12.2. The molecular formula is C20H20N2O4. The fourth-order valence-corrected chi connectivity index (χ4v) is 2.54. The van der Waals surface area contributed by atoms with E-state index in [0.29, 0.717) is 29.5 Å². The Kier molecular flexibility index (Phi) is 5.53. The SMILES string of the molecule is COc1ccc(-c2nc(C(=O)NCCc3ccccc3)co2)cc1OC. The van der Waals surface area contributed by atoms with Crippen molar-refractivity contribution in [3.63, 3.8) is 0 Å². The lowest BCUT2D eigenvalue weighted by atomic mass is 10.1. The van der Waals surface area contributed by atoms with E-state index in [-0.39, 0.29) is 11.6 Å². The molecule has 26 heavy (non-hydrogen) atoms. The molecule has 0 aliphatic heterocycles. The number of oxazole rings is 1. The highest BCUT2D eigenvalue weighted by molar-refractivity contribution is 5.92. The van der Waals surface area contributed by atoms with Crippen LogP contribution < -0.4 is 14.8 Å². The van der Waals surface area contributed by atoms with Crippen molar-refractivity contribution in [2.45, 2.75) is 6.42 Å². The molecule has 0 spiro atoms. The summed E-state index contributed by atoms with van der Waals surface area (Å²) in [6, 6.07) is 15.3. The molecule has 0 saturated carbocycles. The zero-order chi connectivity index (χ0) is 18.4. The summed E-state index contributed by atoms with van der Waals surface area (Å²) in [5, 5.41) is 2.85. The second-order valence-electron chi connectivity index (χ2n) is 5.60. The Balaban J connectivity index is 1.64. The minimum atomic E-state index is -0.267. The predicted octanol–water partition coefficient (Wildman–Crippen LogP) is 3.33. The van der Waals surface area contributed by atoms with Crippen LogP contribution in [0.2, 0.25) is 0 Å². The number of methoxy groups -OCH3 is 2. The zero-order valence-corrected chi connectivity index (χ0v) is 14.7. The molecule has 1 amide bonds. The topological polar surface area (TPSA) is 73.6 Å². The molecule has 1 aromatic heterocycles. The molecule has 0 unspecified atom stereocenters. The van der Waals surface area contributed by atoms with Crippen LogP contribution in [0, 0.1) is 0 Å². The maximum atomic E-state index is 12.2. The Labute approximate surface area is 151 Å². The summed E-state index contributed by atoms with van der Waals surface area (Å²) >= 11 is 0. The third kappa shape index (κ3) is 4.03. The summed E-state index contributed by atoms with van der Waals surface area (Å²) in [5.41, 5.74) is 2.10. The van der Waals surface area contributed by atoms with E-state index in [1.807, 2.05) is 30.3 Å². The largest absolute Gasteiger partial charge is 0.493 e. The van der Waals surface area contributed by atoms with Crippen molar-refractivity contribution in [2.75, 3.05) is 20.8 Å². The number of nitrogens with zero attached hydrogens (tertiary/aromatic N) is 1. The van der Waals surface area contributed by atoms with Crippen LogP contribution in [0.4, 0.5) is 0 Å². The van der Waals surface area contributed by atoms with Gasteiger partial charge in [-0.1, -0.05) is 30.3 Å². The normalized spacial score (nSPS) is 10.4. The first kappa shape index (κ1) is 17.5. The smallest absolute Gasteiger partial charge is 0.273 e. The molecule has 1 heterocycles. The fourth-order valence-electron chi connectivity index (χ4n) is 2.54. The van der Waals surface area contributed by atoms with Gasteiger partial charge in [0.05, 0.1) is 14.2 Å². The van der Waals surface area contributed by atoms with Crippen molar-refractivity contribution in [1.29, 1.82) is 0 Å². The molecule has 0 bridgehead atoms. The number of hydrogen-bond donors (Lipinski definition) is 1. The van der Waals surface area contributed by atoms with Gasteiger partial charge in [0, 0.05) is 12.1 Å². The molecule has 0 atom stereocenters. The second kappa shape index (κ2) is 8.20. The minimum Gasteiger partial charge on any atom is -0.493 e. The van der Waals surface area contributed by atoms with Gasteiger partial charge in [-0.05, 0) is 30.2 Å². The number of hydrogen-bond acceptors (Lipinski definition) is 5. The summed E-state index contributed by atoms with van der Waals surface area (Å²) in [4.78, 5) is 16.5. The third-order valence-corrected chi connectivity index (χ3v) is 3.91. The van der Waals surface area contributed by atoms with Crippen LogP contribution in [-0.2, 0) is 6.42 Å². The Hall–Kier alpha value is -3.28. The predicted molar refractivity (Wildman–Crippen MR) is 97.5 cm³/mol. The highest BCUT2D eigenvalue weighted by atomic mass is 16.5. The second-order valence-corrected chi connectivity index (χ2v) is 5.60. The van der Waals surface area contributed by atoms with Crippen LogP contribution in [0.15, 0.2) is 59.2 Å². The molecule has 0 saturated heterocycles. The highest BCUT2D eigenvalue weighted by Crippen LogP contribution is 2.31. The van der Waals surface area contributed by atoms with Gasteiger partial charge in [-0.2, -0.15) is 0 Å². The molecule has 3 aromatic rings. The average Bonchev–Trinajstić information content (AvgIpc) is 3.18. The zero-order valence-electron chi connectivity index (χ0n) is 14.7. The van der Waals surface area contributed by atoms with E-state index < -0.39 is 0 Å². The standard InChI is InChI=1S/C20H20N2O4/c1-24-17-9-8-15(12-18(17)25-2)20-22-16(13-26-20)19(23)21-11-10-14-6-4-3-5-7-14/h3-9,12-13H,10-11H2,1-2H3,(H,21,23). The molecule has 0 radical (unpaired) electrons. The summed E-state index contributed by atoms with van der Waals surface area (Å²) in [6.07, 6.45) is 2.11. The lowest BCUT2D eigenvalue weighted by molar-refractivity contribution is 0.0949. The summed E-state index contributed by atoms with van der Waals surface area (Å²) < 4.78 is 15.9. The van der Waals surface area contributed by atoms with Gasteiger partial charge in [0.2, 0.25) is 5.89 Å². The van der Waals surface area contributed by atoms with Crippen molar-refractivity contribution in [2.24, 2.45) is 0 Å². The lowest BCUT2D eigenvalue weighted by Gasteiger charge is -2.07. The molecule has 134 valence electrons. The summed E-state index contributed by atoms with van der Waals surface area (Å²) in [7, 11) is 3.13. The van der Waals surface area contributed by atoms with Crippen LogP contribution in [0.25, 0.3) is 11.5 Å². The lowest BCUT2D eigenvalue weighted by Crippen LogP contribution is -2.25. The summed E-state index contributed by atoms with van der Waals surface area (Å²) in [5.74, 6) is 1.26. The van der Waals surface area contributed by atoms with E-state index in [4.69, 9.17) is 13.9 Å². The fraction of sp³-hybridized carbons (Fsp3) is 0.200. The van der Waals surface area contributed by atoms with Crippen LogP contribution >= 0.6 is 0 Å². The Morgan fingerprint density at radius 2 is 1.85 bits per heavy atom. The molecule has 2 aromatic carbocycles. The van der Waals surface area contributed by atoms with Crippen LogP contribution in [0.3, 0.4) is 0 Å². The monoisotopic (exact) mass is 352 g/mol. The van der Waals surface area contributed by atoms with Gasteiger partial charge >= 0.3 is 0 Å². The number of aromatic nitrogens is 1.